The summed E-state index contributed by atoms with van der Waals surface area (Å²) in [4.78, 5) is 16.8. The van der Waals surface area contributed by atoms with Gasteiger partial charge in [-0.15, -0.1) is 0 Å². The number of rotatable bonds is 5. The molecule has 2 heterocycles. The van der Waals surface area contributed by atoms with E-state index in [1.807, 2.05) is 17.9 Å². The normalized spacial score (nSPS) is 22.5. The van der Waals surface area contributed by atoms with Gasteiger partial charge in [-0.1, -0.05) is 18.2 Å². The van der Waals surface area contributed by atoms with E-state index in [0.29, 0.717) is 13.2 Å². The summed E-state index contributed by atoms with van der Waals surface area (Å²) in [6.45, 7) is 7.34. The SMILES string of the molecule is C[C@H](CO[C@@H]1CCOC1)NC(=O)N1CCCN(c2ccccc2)CC1. The summed E-state index contributed by atoms with van der Waals surface area (Å²) in [7, 11) is 0. The van der Waals surface area contributed by atoms with E-state index < -0.39 is 0 Å². The molecular weight excluding hydrogens is 318 g/mol. The van der Waals surface area contributed by atoms with Gasteiger partial charge in [-0.25, -0.2) is 4.79 Å². The Bertz CT molecular complexity index is 534. The molecule has 2 fully saturated rings. The summed E-state index contributed by atoms with van der Waals surface area (Å²) < 4.78 is 11.1. The third-order valence-corrected chi connectivity index (χ3v) is 4.74. The van der Waals surface area contributed by atoms with Gasteiger partial charge < -0.3 is 24.6 Å². The average molecular weight is 347 g/mol. The lowest BCUT2D eigenvalue weighted by atomic mass is 10.3. The van der Waals surface area contributed by atoms with Crippen LogP contribution in [0.1, 0.15) is 19.8 Å². The second-order valence-electron chi connectivity index (χ2n) is 6.83. The monoisotopic (exact) mass is 347 g/mol. The topological polar surface area (TPSA) is 54.0 Å². The molecule has 0 aliphatic carbocycles. The molecule has 2 aliphatic heterocycles. The summed E-state index contributed by atoms with van der Waals surface area (Å²) in [6, 6.07) is 10.4. The number of anilines is 1. The van der Waals surface area contributed by atoms with Crippen LogP contribution in [0.25, 0.3) is 0 Å². The number of carbonyl (C=O) groups is 1. The Morgan fingerprint density at radius 1 is 1.28 bits per heavy atom. The van der Waals surface area contributed by atoms with Crippen molar-refractivity contribution in [2.24, 2.45) is 0 Å². The first-order valence-corrected chi connectivity index (χ1v) is 9.27. The highest BCUT2D eigenvalue weighted by molar-refractivity contribution is 5.74. The van der Waals surface area contributed by atoms with Gasteiger partial charge in [0.2, 0.25) is 0 Å². The van der Waals surface area contributed by atoms with Crippen LogP contribution in [0.3, 0.4) is 0 Å². The van der Waals surface area contributed by atoms with Crippen molar-refractivity contribution in [1.29, 1.82) is 0 Å². The molecule has 1 aromatic carbocycles. The van der Waals surface area contributed by atoms with Crippen LogP contribution in [0.5, 0.6) is 0 Å². The fourth-order valence-corrected chi connectivity index (χ4v) is 3.29. The zero-order chi connectivity index (χ0) is 17.5. The van der Waals surface area contributed by atoms with E-state index in [1.54, 1.807) is 0 Å². The highest BCUT2D eigenvalue weighted by atomic mass is 16.5. The summed E-state index contributed by atoms with van der Waals surface area (Å²) in [5.74, 6) is 0. The number of amides is 2. The Hall–Kier alpha value is -1.79. The molecule has 138 valence electrons. The van der Waals surface area contributed by atoms with Crippen molar-refractivity contribution in [2.75, 3.05) is 50.9 Å². The molecule has 2 saturated heterocycles. The van der Waals surface area contributed by atoms with Crippen molar-refractivity contribution in [3.8, 4) is 0 Å². The van der Waals surface area contributed by atoms with E-state index in [-0.39, 0.29) is 18.2 Å². The lowest BCUT2D eigenvalue weighted by Crippen LogP contribution is -2.47. The quantitative estimate of drug-likeness (QED) is 0.886. The summed E-state index contributed by atoms with van der Waals surface area (Å²) in [5, 5.41) is 3.06. The highest BCUT2D eigenvalue weighted by Gasteiger charge is 2.22. The van der Waals surface area contributed by atoms with Crippen LogP contribution in [-0.4, -0.2) is 69.1 Å². The van der Waals surface area contributed by atoms with Crippen LogP contribution in [-0.2, 0) is 9.47 Å². The number of para-hydroxylation sites is 1. The van der Waals surface area contributed by atoms with E-state index in [2.05, 4.69) is 34.5 Å². The number of hydrogen-bond acceptors (Lipinski definition) is 4. The minimum Gasteiger partial charge on any atom is -0.379 e. The smallest absolute Gasteiger partial charge is 0.317 e. The van der Waals surface area contributed by atoms with E-state index in [0.717, 1.165) is 45.6 Å². The Morgan fingerprint density at radius 3 is 2.88 bits per heavy atom. The number of ether oxygens (including phenoxy) is 2. The average Bonchev–Trinajstić information content (AvgIpc) is 3.03. The first kappa shape index (κ1) is 18.0. The number of nitrogens with zero attached hydrogens (tertiary/aromatic N) is 2. The minimum absolute atomic E-state index is 0.00146. The first-order valence-electron chi connectivity index (χ1n) is 9.27. The number of benzene rings is 1. The highest BCUT2D eigenvalue weighted by Crippen LogP contribution is 2.16. The van der Waals surface area contributed by atoms with Gasteiger partial charge in [0.1, 0.15) is 0 Å². The van der Waals surface area contributed by atoms with Crippen molar-refractivity contribution in [3.63, 3.8) is 0 Å². The largest absolute Gasteiger partial charge is 0.379 e. The third-order valence-electron chi connectivity index (χ3n) is 4.74. The third kappa shape index (κ3) is 5.34. The van der Waals surface area contributed by atoms with E-state index in [9.17, 15) is 4.79 Å². The van der Waals surface area contributed by atoms with Gasteiger partial charge in [-0.2, -0.15) is 0 Å². The second-order valence-corrected chi connectivity index (χ2v) is 6.83. The molecule has 0 spiro atoms. The molecule has 0 radical (unpaired) electrons. The zero-order valence-corrected chi connectivity index (χ0v) is 15.0. The molecular formula is C19H29N3O3. The molecule has 2 atom stereocenters. The Labute approximate surface area is 150 Å². The van der Waals surface area contributed by atoms with Crippen LogP contribution in [0.4, 0.5) is 10.5 Å². The maximum atomic E-state index is 12.5. The van der Waals surface area contributed by atoms with Crippen LogP contribution in [0, 0.1) is 0 Å². The Morgan fingerprint density at radius 2 is 2.12 bits per heavy atom. The van der Waals surface area contributed by atoms with Crippen molar-refractivity contribution in [2.45, 2.75) is 31.9 Å². The van der Waals surface area contributed by atoms with Crippen molar-refractivity contribution in [1.82, 2.24) is 10.2 Å². The molecule has 6 nitrogen and oxygen atoms in total. The van der Waals surface area contributed by atoms with Gasteiger partial charge in [0.25, 0.3) is 0 Å². The second kappa shape index (κ2) is 9.06. The maximum Gasteiger partial charge on any atom is 0.317 e. The lowest BCUT2D eigenvalue weighted by Gasteiger charge is -2.25. The molecule has 6 heteroatoms. The van der Waals surface area contributed by atoms with Crippen LogP contribution in [0.2, 0.25) is 0 Å². The molecule has 1 N–H and O–H groups in total. The number of hydrogen-bond donors (Lipinski definition) is 1. The number of urea groups is 1. The predicted molar refractivity (Wildman–Crippen MR) is 98.0 cm³/mol. The Kier molecular flexibility index (Phi) is 6.53. The number of carbonyl (C=O) groups excluding carboxylic acids is 1. The van der Waals surface area contributed by atoms with Gasteiger partial charge >= 0.3 is 6.03 Å². The summed E-state index contributed by atoms with van der Waals surface area (Å²) in [5.41, 5.74) is 1.23. The standard InChI is InChI=1S/C19H29N3O3/c1-16(14-25-18-8-13-24-15-18)20-19(23)22-10-5-9-21(11-12-22)17-6-3-2-4-7-17/h2-4,6-7,16,18H,5,8-15H2,1H3,(H,20,23)/t16-,18-/m1/s1. The van der Waals surface area contributed by atoms with Crippen molar-refractivity contribution >= 4 is 11.7 Å². The predicted octanol–water partition coefficient (Wildman–Crippen LogP) is 2.10. The maximum absolute atomic E-state index is 12.5. The molecule has 1 aromatic rings. The molecule has 3 rings (SSSR count). The fraction of sp³-hybridized carbons (Fsp3) is 0.632. The van der Waals surface area contributed by atoms with Gasteiger partial charge in [0.15, 0.2) is 0 Å². The number of nitrogens with one attached hydrogen (secondary N) is 1. The lowest BCUT2D eigenvalue weighted by molar-refractivity contribution is 0.0331. The minimum atomic E-state index is 0.00146. The fourth-order valence-electron chi connectivity index (χ4n) is 3.29. The summed E-state index contributed by atoms with van der Waals surface area (Å²) >= 11 is 0. The van der Waals surface area contributed by atoms with Gasteiger partial charge in [0, 0.05) is 38.5 Å². The molecule has 0 saturated carbocycles. The van der Waals surface area contributed by atoms with E-state index in [1.165, 1.54) is 5.69 Å². The first-order chi connectivity index (χ1) is 12.2. The molecule has 0 bridgehead atoms. The summed E-state index contributed by atoms with van der Waals surface area (Å²) in [6.07, 6.45) is 2.10. The molecule has 2 aliphatic rings. The van der Waals surface area contributed by atoms with Crippen LogP contribution < -0.4 is 10.2 Å². The van der Waals surface area contributed by atoms with Gasteiger partial charge in [-0.3, -0.25) is 0 Å². The van der Waals surface area contributed by atoms with Crippen molar-refractivity contribution in [3.05, 3.63) is 30.3 Å². The van der Waals surface area contributed by atoms with Crippen molar-refractivity contribution < 1.29 is 14.3 Å². The van der Waals surface area contributed by atoms with Crippen LogP contribution >= 0.6 is 0 Å². The van der Waals surface area contributed by atoms with Gasteiger partial charge in [0.05, 0.1) is 25.4 Å². The van der Waals surface area contributed by atoms with E-state index in [4.69, 9.17) is 9.47 Å². The zero-order valence-electron chi connectivity index (χ0n) is 15.0. The molecule has 25 heavy (non-hydrogen) atoms. The van der Waals surface area contributed by atoms with E-state index >= 15 is 0 Å². The molecule has 2 amide bonds. The molecule has 0 unspecified atom stereocenters. The van der Waals surface area contributed by atoms with Crippen LogP contribution in [0.15, 0.2) is 30.3 Å². The Balaban J connectivity index is 1.42. The van der Waals surface area contributed by atoms with Gasteiger partial charge in [-0.05, 0) is 31.9 Å². The molecule has 0 aromatic heterocycles.